The molecule has 36 heavy (non-hydrogen) atoms. The van der Waals surface area contributed by atoms with Crippen LogP contribution in [0.5, 0.6) is 0 Å². The maximum Gasteiger partial charge on any atom is 0.314 e. The van der Waals surface area contributed by atoms with Crippen LogP contribution in [0.4, 0.5) is 4.79 Å². The van der Waals surface area contributed by atoms with Gasteiger partial charge in [0.2, 0.25) is 5.91 Å². The highest BCUT2D eigenvalue weighted by Crippen LogP contribution is 2.43. The molecule has 0 saturated carbocycles. The van der Waals surface area contributed by atoms with Crippen molar-refractivity contribution >= 4 is 57.3 Å². The summed E-state index contributed by atoms with van der Waals surface area (Å²) < 4.78 is 1.02. The van der Waals surface area contributed by atoms with Crippen molar-refractivity contribution in [2.24, 2.45) is 17.6 Å². The van der Waals surface area contributed by atoms with Crippen molar-refractivity contribution in [3.05, 3.63) is 55.5 Å². The second-order valence-corrected chi connectivity index (χ2v) is 11.8. The predicted molar refractivity (Wildman–Crippen MR) is 149 cm³/mol. The minimum atomic E-state index is -0.372. The average molecular weight is 596 g/mol. The van der Waals surface area contributed by atoms with Gasteiger partial charge in [0.05, 0.1) is 5.03 Å². The summed E-state index contributed by atoms with van der Waals surface area (Å²) in [7, 11) is 0. The van der Waals surface area contributed by atoms with Crippen LogP contribution in [0.15, 0.2) is 39.4 Å². The molecule has 1 aliphatic carbocycles. The summed E-state index contributed by atoms with van der Waals surface area (Å²) in [5, 5.41) is 8.61. The lowest BCUT2D eigenvalue weighted by Crippen LogP contribution is -2.44. The van der Waals surface area contributed by atoms with E-state index in [-0.39, 0.29) is 17.9 Å². The third kappa shape index (κ3) is 6.53. The smallest absolute Gasteiger partial charge is 0.314 e. The molecule has 1 aromatic rings. The van der Waals surface area contributed by atoms with Gasteiger partial charge in [-0.3, -0.25) is 4.79 Å². The molecule has 1 unspecified atom stereocenters. The largest absolute Gasteiger partial charge is 0.351 e. The fraction of sp³-hybridized carbons (Fsp3) is 0.519. The van der Waals surface area contributed by atoms with E-state index in [1.54, 1.807) is 4.90 Å². The molecule has 3 aliphatic rings. The number of carbonyl (C=O) groups excluding carboxylic acids is 2. The highest BCUT2D eigenvalue weighted by molar-refractivity contribution is 9.10. The fourth-order valence-corrected chi connectivity index (χ4v) is 7.13. The Morgan fingerprint density at radius 1 is 1.08 bits per heavy atom. The molecule has 3 amide bonds. The number of halogens is 3. The minimum absolute atomic E-state index is 0.186. The number of fused-ring (bicyclic) bond motifs is 1. The van der Waals surface area contributed by atoms with E-state index < -0.39 is 0 Å². The summed E-state index contributed by atoms with van der Waals surface area (Å²) in [6.07, 6.45) is 11.1. The molecule has 0 spiro atoms. The van der Waals surface area contributed by atoms with Crippen LogP contribution in [0, 0.1) is 17.2 Å². The molecular formula is C27H33BrCl2N4O2. The van der Waals surface area contributed by atoms with Crippen LogP contribution in [0.3, 0.4) is 0 Å². The van der Waals surface area contributed by atoms with Crippen molar-refractivity contribution < 1.29 is 9.59 Å². The van der Waals surface area contributed by atoms with Gasteiger partial charge < -0.3 is 20.9 Å². The van der Waals surface area contributed by atoms with Gasteiger partial charge in [-0.1, -0.05) is 45.2 Å². The molecule has 3 N–H and O–H groups in total. The number of piperidine rings is 2. The molecule has 4 rings (SSSR count). The number of carbonyl (C=O) groups is 2. The Kier molecular flexibility index (Phi) is 9.18. The molecular weight excluding hydrogens is 563 g/mol. The van der Waals surface area contributed by atoms with Crippen molar-refractivity contribution in [2.75, 3.05) is 26.2 Å². The number of amides is 3. The van der Waals surface area contributed by atoms with Gasteiger partial charge in [0.25, 0.3) is 0 Å². The maximum atomic E-state index is 13.1. The molecule has 1 atom stereocenters. The van der Waals surface area contributed by atoms with Gasteiger partial charge in [-0.2, -0.15) is 0 Å². The monoisotopic (exact) mass is 594 g/mol. The zero-order valence-corrected chi connectivity index (χ0v) is 23.4. The number of nitrogens with one attached hydrogen (secondary N) is 1. The second-order valence-electron chi connectivity index (χ2n) is 10.1. The Bertz CT molecular complexity index is 1070. The van der Waals surface area contributed by atoms with E-state index in [9.17, 15) is 9.59 Å². The third-order valence-electron chi connectivity index (χ3n) is 7.84. The van der Waals surface area contributed by atoms with E-state index in [1.165, 1.54) is 17.3 Å². The highest BCUT2D eigenvalue weighted by Gasteiger charge is 2.33. The standard InChI is InChI=1S/C27H33BrCl2N4O2/c28-24-15-21(29)14-20-2-1-18(11-22(30)16-31)12-23(26(20)24)19-5-9-33(10-6-19)25(35)13-17-3-7-34(8-4-17)27(32)36/h11-12,14-17,19,23,31H,1-10,13H2,(H2,32,36)/b22-11+,31-16?. The lowest BCUT2D eigenvalue weighted by molar-refractivity contribution is -0.134. The number of urea groups is 1. The van der Waals surface area contributed by atoms with Crippen LogP contribution in [0.1, 0.15) is 55.6 Å². The molecule has 0 radical (unpaired) electrons. The van der Waals surface area contributed by atoms with Crippen molar-refractivity contribution in [3.63, 3.8) is 0 Å². The Hall–Kier alpha value is -1.83. The Balaban J connectivity index is 1.44. The topological polar surface area (TPSA) is 90.5 Å². The number of primary amides is 1. The van der Waals surface area contributed by atoms with Gasteiger partial charge >= 0.3 is 6.03 Å². The molecule has 2 saturated heterocycles. The number of hydrogen-bond donors (Lipinski definition) is 2. The SMILES string of the molecule is N=C/C(Cl)=C\C1=CC(C2CCN(C(=O)CC3CCN(C(N)=O)CC3)CC2)c2c(Br)cc(Cl)cc2CC1. The second kappa shape index (κ2) is 12.1. The van der Waals surface area contributed by atoms with E-state index in [4.69, 9.17) is 34.3 Å². The van der Waals surface area contributed by atoms with Crippen molar-refractivity contribution in [2.45, 2.75) is 50.9 Å². The zero-order chi connectivity index (χ0) is 25.8. The van der Waals surface area contributed by atoms with Gasteiger partial charge in [0.1, 0.15) is 0 Å². The summed E-state index contributed by atoms with van der Waals surface area (Å²) in [6.45, 7) is 2.78. The molecule has 0 bridgehead atoms. The molecule has 0 aromatic heterocycles. The first kappa shape index (κ1) is 27.2. The van der Waals surface area contributed by atoms with Crippen LogP contribution in [-0.2, 0) is 11.2 Å². The van der Waals surface area contributed by atoms with E-state index >= 15 is 0 Å². The normalized spacial score (nSPS) is 22.0. The molecule has 6 nitrogen and oxygen atoms in total. The fourth-order valence-electron chi connectivity index (χ4n) is 5.85. The molecule has 2 heterocycles. The number of benzene rings is 1. The molecule has 1 aromatic carbocycles. The summed E-state index contributed by atoms with van der Waals surface area (Å²) in [5.74, 6) is 1.11. The van der Waals surface area contributed by atoms with Crippen molar-refractivity contribution in [3.8, 4) is 0 Å². The van der Waals surface area contributed by atoms with Crippen molar-refractivity contribution in [1.82, 2.24) is 9.80 Å². The number of aryl methyl sites for hydroxylation is 1. The maximum absolute atomic E-state index is 13.1. The number of hydrogen-bond acceptors (Lipinski definition) is 3. The van der Waals surface area contributed by atoms with E-state index in [0.29, 0.717) is 36.4 Å². The summed E-state index contributed by atoms with van der Waals surface area (Å²) >= 11 is 16.4. The number of nitrogens with zero attached hydrogens (tertiary/aromatic N) is 2. The predicted octanol–water partition coefficient (Wildman–Crippen LogP) is 6.25. The number of allylic oxidation sites excluding steroid dienone is 4. The van der Waals surface area contributed by atoms with Gasteiger partial charge in [-0.05, 0) is 85.3 Å². The van der Waals surface area contributed by atoms with Gasteiger partial charge in [0.15, 0.2) is 0 Å². The number of rotatable bonds is 5. The minimum Gasteiger partial charge on any atom is -0.351 e. The lowest BCUT2D eigenvalue weighted by Gasteiger charge is -2.37. The van der Waals surface area contributed by atoms with Gasteiger partial charge in [-0.25, -0.2) is 4.79 Å². The Morgan fingerprint density at radius 3 is 2.39 bits per heavy atom. The molecule has 2 fully saturated rings. The lowest BCUT2D eigenvalue weighted by atomic mass is 9.78. The first-order chi connectivity index (χ1) is 17.2. The highest BCUT2D eigenvalue weighted by atomic mass is 79.9. The third-order valence-corrected chi connectivity index (χ3v) is 8.93. The quantitative estimate of drug-likeness (QED) is 0.394. The van der Waals surface area contributed by atoms with Crippen LogP contribution >= 0.6 is 39.1 Å². The van der Waals surface area contributed by atoms with E-state index in [0.717, 1.165) is 66.7 Å². The number of nitrogens with two attached hydrogens (primary N) is 1. The first-order valence-corrected chi connectivity index (χ1v) is 14.2. The van der Waals surface area contributed by atoms with Crippen LogP contribution in [-0.4, -0.2) is 54.1 Å². The van der Waals surface area contributed by atoms with Crippen molar-refractivity contribution in [1.29, 1.82) is 5.41 Å². The van der Waals surface area contributed by atoms with E-state index in [1.807, 2.05) is 17.0 Å². The number of likely N-dealkylation sites (tertiary alicyclic amines) is 2. The van der Waals surface area contributed by atoms with Gasteiger partial charge in [0, 0.05) is 54.2 Å². The average Bonchev–Trinajstić information content (AvgIpc) is 3.04. The van der Waals surface area contributed by atoms with Crippen LogP contribution < -0.4 is 5.73 Å². The molecule has 194 valence electrons. The Morgan fingerprint density at radius 2 is 1.75 bits per heavy atom. The molecule has 2 aliphatic heterocycles. The molecule has 9 heteroatoms. The van der Waals surface area contributed by atoms with Crippen LogP contribution in [0.25, 0.3) is 0 Å². The summed E-state index contributed by atoms with van der Waals surface area (Å²) in [5.41, 5.74) is 9.03. The van der Waals surface area contributed by atoms with E-state index in [2.05, 4.69) is 28.1 Å². The Labute approximate surface area is 231 Å². The van der Waals surface area contributed by atoms with Gasteiger partial charge in [-0.15, -0.1) is 0 Å². The van der Waals surface area contributed by atoms with Crippen LogP contribution in [0.2, 0.25) is 5.02 Å². The summed E-state index contributed by atoms with van der Waals surface area (Å²) in [6, 6.07) is 3.66. The summed E-state index contributed by atoms with van der Waals surface area (Å²) in [4.78, 5) is 28.1. The zero-order valence-electron chi connectivity index (χ0n) is 20.3. The first-order valence-electron chi connectivity index (χ1n) is 12.6.